The zero-order valence-corrected chi connectivity index (χ0v) is 11.3. The lowest BCUT2D eigenvalue weighted by Crippen LogP contribution is -2.10. The summed E-state index contributed by atoms with van der Waals surface area (Å²) in [4.78, 5) is 25.6. The lowest BCUT2D eigenvalue weighted by Gasteiger charge is -2.04. The number of nitrogens with zero attached hydrogens (tertiary/aromatic N) is 2. The van der Waals surface area contributed by atoms with Crippen LogP contribution in [0.1, 0.15) is 10.5 Å². The molecular formula is C12H6Cl2N2O4. The summed E-state index contributed by atoms with van der Waals surface area (Å²) in [6, 6.07) is 6.46. The summed E-state index contributed by atoms with van der Waals surface area (Å²) in [7, 11) is 0. The Morgan fingerprint density at radius 2 is 2.00 bits per heavy atom. The Morgan fingerprint density at radius 1 is 1.25 bits per heavy atom. The van der Waals surface area contributed by atoms with Gasteiger partial charge in [0.2, 0.25) is 0 Å². The predicted octanol–water partition coefficient (Wildman–Crippen LogP) is 3.52. The van der Waals surface area contributed by atoms with E-state index in [2.05, 4.69) is 4.98 Å². The van der Waals surface area contributed by atoms with Crippen molar-refractivity contribution in [1.29, 1.82) is 0 Å². The Kier molecular flexibility index (Phi) is 4.16. The summed E-state index contributed by atoms with van der Waals surface area (Å²) in [5.74, 6) is -0.662. The first-order valence-corrected chi connectivity index (χ1v) is 6.00. The second kappa shape index (κ2) is 5.85. The number of pyridine rings is 1. The van der Waals surface area contributed by atoms with E-state index in [1.165, 1.54) is 30.5 Å². The molecule has 0 fully saturated rings. The summed E-state index contributed by atoms with van der Waals surface area (Å²) in [5, 5.41) is 10.8. The van der Waals surface area contributed by atoms with Gasteiger partial charge in [0.15, 0.2) is 0 Å². The number of benzene rings is 1. The number of aromatic nitrogens is 1. The second-order valence-corrected chi connectivity index (χ2v) is 4.46. The number of rotatable bonds is 3. The number of ether oxygens (including phenoxy) is 1. The third-order valence-electron chi connectivity index (χ3n) is 2.26. The van der Waals surface area contributed by atoms with Gasteiger partial charge in [0, 0.05) is 23.4 Å². The summed E-state index contributed by atoms with van der Waals surface area (Å²) < 4.78 is 5.00. The molecule has 102 valence electrons. The number of hydrogen-bond acceptors (Lipinski definition) is 5. The zero-order valence-electron chi connectivity index (χ0n) is 9.75. The molecule has 0 atom stereocenters. The molecule has 0 N–H and O–H groups in total. The topological polar surface area (TPSA) is 82.3 Å². The molecule has 1 aromatic carbocycles. The van der Waals surface area contributed by atoms with E-state index >= 15 is 0 Å². The third kappa shape index (κ3) is 3.23. The first kappa shape index (κ1) is 14.2. The standard InChI is InChI=1S/C12H6Cl2N2O4/c13-7-3-4-15-10(5-7)12(17)20-8-1-2-11(16(18)19)9(14)6-8/h1-6H. The van der Waals surface area contributed by atoms with Crippen molar-refractivity contribution in [2.24, 2.45) is 0 Å². The summed E-state index contributed by atoms with van der Waals surface area (Å²) in [6.07, 6.45) is 1.36. The average Bonchev–Trinajstić information content (AvgIpc) is 2.38. The van der Waals surface area contributed by atoms with Crippen molar-refractivity contribution >= 4 is 34.9 Å². The summed E-state index contributed by atoms with van der Waals surface area (Å²) >= 11 is 11.4. The number of esters is 1. The highest BCUT2D eigenvalue weighted by molar-refractivity contribution is 6.32. The molecule has 1 aromatic heterocycles. The fraction of sp³-hybridized carbons (Fsp3) is 0. The van der Waals surface area contributed by atoms with Crippen molar-refractivity contribution in [2.75, 3.05) is 0 Å². The molecule has 6 nitrogen and oxygen atoms in total. The minimum Gasteiger partial charge on any atom is -0.422 e. The molecule has 0 aliphatic carbocycles. The minimum absolute atomic E-state index is 0.0203. The molecule has 0 radical (unpaired) electrons. The Hall–Kier alpha value is -2.18. The molecule has 0 aliphatic heterocycles. The number of halogens is 2. The first-order chi connectivity index (χ1) is 9.47. The fourth-order valence-corrected chi connectivity index (χ4v) is 1.77. The number of carbonyl (C=O) groups excluding carboxylic acids is 1. The number of hydrogen-bond donors (Lipinski definition) is 0. The van der Waals surface area contributed by atoms with E-state index in [0.29, 0.717) is 5.02 Å². The van der Waals surface area contributed by atoms with E-state index in [0.717, 1.165) is 6.07 Å². The van der Waals surface area contributed by atoms with Gasteiger partial charge in [-0.1, -0.05) is 23.2 Å². The molecule has 1 heterocycles. The number of nitro groups is 1. The van der Waals surface area contributed by atoms with Crippen molar-refractivity contribution in [3.8, 4) is 5.75 Å². The van der Waals surface area contributed by atoms with Gasteiger partial charge in [-0.05, 0) is 18.2 Å². The lowest BCUT2D eigenvalue weighted by molar-refractivity contribution is -0.384. The SMILES string of the molecule is O=C(Oc1ccc([N+](=O)[O-])c(Cl)c1)c1cc(Cl)ccn1. The molecule has 8 heteroatoms. The predicted molar refractivity (Wildman–Crippen MR) is 72.3 cm³/mol. The number of carbonyl (C=O) groups is 1. The van der Waals surface area contributed by atoms with Crippen LogP contribution in [-0.4, -0.2) is 15.9 Å². The van der Waals surface area contributed by atoms with E-state index < -0.39 is 10.9 Å². The van der Waals surface area contributed by atoms with E-state index in [1.807, 2.05) is 0 Å². The van der Waals surface area contributed by atoms with Crippen molar-refractivity contribution < 1.29 is 14.5 Å². The van der Waals surface area contributed by atoms with Crippen molar-refractivity contribution in [1.82, 2.24) is 4.98 Å². The van der Waals surface area contributed by atoms with Crippen LogP contribution in [0, 0.1) is 10.1 Å². The van der Waals surface area contributed by atoms with Crippen LogP contribution in [0.25, 0.3) is 0 Å². The minimum atomic E-state index is -0.739. The van der Waals surface area contributed by atoms with Crippen LogP contribution in [0.5, 0.6) is 5.75 Å². The highest BCUT2D eigenvalue weighted by Crippen LogP contribution is 2.28. The normalized spacial score (nSPS) is 10.1. The molecular weight excluding hydrogens is 307 g/mol. The Morgan fingerprint density at radius 3 is 2.60 bits per heavy atom. The monoisotopic (exact) mass is 312 g/mol. The maximum atomic E-state index is 11.8. The molecule has 0 unspecified atom stereocenters. The Labute approximate surface area is 123 Å². The average molecular weight is 313 g/mol. The molecule has 0 amide bonds. The van der Waals surface area contributed by atoms with Gasteiger partial charge in [-0.2, -0.15) is 0 Å². The maximum Gasteiger partial charge on any atom is 0.362 e. The van der Waals surface area contributed by atoms with Crippen molar-refractivity contribution in [2.45, 2.75) is 0 Å². The highest BCUT2D eigenvalue weighted by atomic mass is 35.5. The van der Waals surface area contributed by atoms with Gasteiger partial charge >= 0.3 is 5.97 Å². The van der Waals surface area contributed by atoms with Gasteiger partial charge < -0.3 is 4.74 Å². The molecule has 2 rings (SSSR count). The molecule has 0 spiro atoms. The van der Waals surface area contributed by atoms with Crippen LogP contribution >= 0.6 is 23.2 Å². The molecule has 0 aliphatic rings. The Balaban J connectivity index is 2.20. The molecule has 0 bridgehead atoms. The van der Waals surface area contributed by atoms with E-state index in [4.69, 9.17) is 27.9 Å². The van der Waals surface area contributed by atoms with Crippen LogP contribution < -0.4 is 4.74 Å². The molecule has 0 saturated carbocycles. The van der Waals surface area contributed by atoms with Gasteiger partial charge in [-0.25, -0.2) is 9.78 Å². The first-order valence-electron chi connectivity index (χ1n) is 5.25. The Bertz CT molecular complexity index is 691. The van der Waals surface area contributed by atoms with Gasteiger partial charge in [0.1, 0.15) is 16.5 Å². The number of nitro benzene ring substituents is 1. The van der Waals surface area contributed by atoms with Crippen LogP contribution in [0.3, 0.4) is 0 Å². The van der Waals surface area contributed by atoms with Gasteiger partial charge in [-0.15, -0.1) is 0 Å². The maximum absolute atomic E-state index is 11.8. The summed E-state index contributed by atoms with van der Waals surface area (Å²) in [6.45, 7) is 0. The smallest absolute Gasteiger partial charge is 0.362 e. The largest absolute Gasteiger partial charge is 0.422 e. The van der Waals surface area contributed by atoms with E-state index in [-0.39, 0.29) is 22.2 Å². The van der Waals surface area contributed by atoms with Crippen LogP contribution in [0.4, 0.5) is 5.69 Å². The lowest BCUT2D eigenvalue weighted by atomic mass is 10.3. The van der Waals surface area contributed by atoms with Crippen molar-refractivity contribution in [3.63, 3.8) is 0 Å². The fourth-order valence-electron chi connectivity index (χ4n) is 1.37. The molecule has 2 aromatic rings. The zero-order chi connectivity index (χ0) is 14.7. The van der Waals surface area contributed by atoms with Gasteiger partial charge in [0.25, 0.3) is 5.69 Å². The van der Waals surface area contributed by atoms with Gasteiger partial charge in [0.05, 0.1) is 4.92 Å². The molecule has 0 saturated heterocycles. The second-order valence-electron chi connectivity index (χ2n) is 3.62. The van der Waals surface area contributed by atoms with E-state index in [9.17, 15) is 14.9 Å². The van der Waals surface area contributed by atoms with Crippen LogP contribution in [0.2, 0.25) is 10.0 Å². The van der Waals surface area contributed by atoms with Crippen LogP contribution in [-0.2, 0) is 0 Å². The van der Waals surface area contributed by atoms with Gasteiger partial charge in [-0.3, -0.25) is 10.1 Å². The highest BCUT2D eigenvalue weighted by Gasteiger charge is 2.15. The quantitative estimate of drug-likeness (QED) is 0.375. The molecule has 20 heavy (non-hydrogen) atoms. The summed E-state index contributed by atoms with van der Waals surface area (Å²) in [5.41, 5.74) is -0.251. The van der Waals surface area contributed by atoms with Crippen molar-refractivity contribution in [3.05, 3.63) is 62.4 Å². The third-order valence-corrected chi connectivity index (χ3v) is 2.80. The van der Waals surface area contributed by atoms with E-state index in [1.54, 1.807) is 0 Å². The van der Waals surface area contributed by atoms with Crippen LogP contribution in [0.15, 0.2) is 36.5 Å².